The smallest absolute Gasteiger partial charge is 0.300 e. The summed E-state index contributed by atoms with van der Waals surface area (Å²) in [7, 11) is 0. The van der Waals surface area contributed by atoms with Crippen LogP contribution in [0.2, 0.25) is 0 Å². The lowest BCUT2D eigenvalue weighted by Crippen LogP contribution is -2.36. The molecule has 0 saturated heterocycles. The van der Waals surface area contributed by atoms with Gasteiger partial charge in [-0.05, 0) is 35.6 Å². The van der Waals surface area contributed by atoms with Crippen molar-refractivity contribution in [3.63, 3.8) is 0 Å². The fourth-order valence-corrected chi connectivity index (χ4v) is 3.83. The Morgan fingerprint density at radius 3 is 2.21 bits per heavy atom. The molecule has 0 spiro atoms. The Balaban J connectivity index is 1.41. The van der Waals surface area contributed by atoms with Crippen LogP contribution in [0.5, 0.6) is 0 Å². The lowest BCUT2D eigenvalue weighted by Gasteiger charge is -2.11. The van der Waals surface area contributed by atoms with Crippen molar-refractivity contribution in [2.45, 2.75) is 89.2 Å². The maximum Gasteiger partial charge on any atom is 0.300 e. The first-order chi connectivity index (χ1) is 16.5. The molecule has 0 aliphatic rings. The molecule has 0 fully saturated rings. The number of non-ortho nitro benzene ring substituents is 1. The summed E-state index contributed by atoms with van der Waals surface area (Å²) in [6.07, 6.45) is 17.1. The number of allylic oxidation sites excluding steroid dienone is 1. The van der Waals surface area contributed by atoms with Crippen LogP contribution in [0.25, 0.3) is 11.0 Å². The van der Waals surface area contributed by atoms with Gasteiger partial charge in [-0.15, -0.1) is 0 Å². The van der Waals surface area contributed by atoms with E-state index in [2.05, 4.69) is 20.3 Å². The first kappa shape index (κ1) is 27.7. The Kier molecular flexibility index (Phi) is 13.1. The molecule has 190 valence electrons. The van der Waals surface area contributed by atoms with E-state index in [1.165, 1.54) is 57.4 Å². The molecule has 0 aliphatic carbocycles. The Morgan fingerprint density at radius 2 is 1.59 bits per heavy atom. The van der Waals surface area contributed by atoms with Gasteiger partial charge >= 0.3 is 5.69 Å². The number of nitrogens with two attached hydrogens (primary N) is 1. The second-order valence-corrected chi connectivity index (χ2v) is 8.72. The van der Waals surface area contributed by atoms with E-state index in [-0.39, 0.29) is 17.8 Å². The highest BCUT2D eigenvalue weighted by Gasteiger charge is 2.19. The van der Waals surface area contributed by atoms with Crippen LogP contribution < -0.4 is 11.1 Å². The van der Waals surface area contributed by atoms with Gasteiger partial charge in [-0.3, -0.25) is 10.1 Å². The van der Waals surface area contributed by atoms with Gasteiger partial charge in [0, 0.05) is 12.6 Å². The Bertz CT molecular complexity index is 873. The fraction of sp³-hybridized carbons (Fsp3) is 0.667. The molecule has 5 N–H and O–H groups in total. The number of benzene rings is 1. The van der Waals surface area contributed by atoms with Crippen molar-refractivity contribution in [1.29, 1.82) is 0 Å². The summed E-state index contributed by atoms with van der Waals surface area (Å²) in [5.41, 5.74) is 6.72. The van der Waals surface area contributed by atoms with Crippen molar-refractivity contribution in [1.82, 2.24) is 10.3 Å². The highest BCUT2D eigenvalue weighted by atomic mass is 16.6. The van der Waals surface area contributed by atoms with Gasteiger partial charge in [0.15, 0.2) is 5.52 Å². The SMILES string of the molecule is NC(CO)C(O)C=CCCCCCCCCCCCCCNc1ccc([N+](=O)[O-])c2nonc12. The molecule has 0 saturated carbocycles. The molecule has 0 bridgehead atoms. The minimum atomic E-state index is -0.765. The molecule has 0 aliphatic heterocycles. The first-order valence-electron chi connectivity index (χ1n) is 12.4. The van der Waals surface area contributed by atoms with Gasteiger partial charge in [0.25, 0.3) is 0 Å². The molecule has 1 heterocycles. The van der Waals surface area contributed by atoms with Crippen molar-refractivity contribution in [2.24, 2.45) is 5.73 Å². The van der Waals surface area contributed by atoms with Crippen LogP contribution in [-0.2, 0) is 0 Å². The van der Waals surface area contributed by atoms with Crippen LogP contribution in [0.15, 0.2) is 28.9 Å². The third-order valence-electron chi connectivity index (χ3n) is 5.94. The number of unbranched alkanes of at least 4 members (excludes halogenated alkanes) is 11. The van der Waals surface area contributed by atoms with E-state index in [1.54, 1.807) is 12.1 Å². The van der Waals surface area contributed by atoms with Gasteiger partial charge in [0.1, 0.15) is 0 Å². The number of hydrogen-bond acceptors (Lipinski definition) is 9. The van der Waals surface area contributed by atoms with E-state index in [0.717, 1.165) is 32.2 Å². The number of rotatable bonds is 19. The molecule has 10 heteroatoms. The van der Waals surface area contributed by atoms with Gasteiger partial charge in [0.2, 0.25) is 5.52 Å². The number of hydrogen-bond donors (Lipinski definition) is 4. The molecule has 2 unspecified atom stereocenters. The minimum Gasteiger partial charge on any atom is -0.395 e. The van der Waals surface area contributed by atoms with Crippen molar-refractivity contribution < 1.29 is 19.8 Å². The van der Waals surface area contributed by atoms with Crippen LogP contribution in [-0.4, -0.2) is 50.7 Å². The average molecular weight is 478 g/mol. The average Bonchev–Trinajstić information content (AvgIpc) is 3.33. The molecule has 1 aromatic carbocycles. The highest BCUT2D eigenvalue weighted by molar-refractivity contribution is 5.93. The third-order valence-corrected chi connectivity index (χ3v) is 5.94. The standard InChI is InChI=1S/C24H39N5O5/c25-19(18-30)22(31)14-12-10-8-6-4-2-1-3-5-7-9-11-13-17-26-20-15-16-21(29(32)33)24-23(20)27-34-28-24/h12,14-16,19,22,26,30-31H,1-11,13,17-18,25H2. The molecule has 2 rings (SSSR count). The Hall–Kier alpha value is -2.56. The van der Waals surface area contributed by atoms with Crippen LogP contribution in [0, 0.1) is 10.1 Å². The summed E-state index contributed by atoms with van der Waals surface area (Å²) in [4.78, 5) is 10.5. The summed E-state index contributed by atoms with van der Waals surface area (Å²) in [6.45, 7) is 0.570. The fourth-order valence-electron chi connectivity index (χ4n) is 3.83. The van der Waals surface area contributed by atoms with Crippen LogP contribution in [0.3, 0.4) is 0 Å². The monoisotopic (exact) mass is 477 g/mol. The zero-order valence-corrected chi connectivity index (χ0v) is 19.9. The summed E-state index contributed by atoms with van der Waals surface area (Å²) in [5.74, 6) is 0. The minimum absolute atomic E-state index is 0.101. The molecule has 34 heavy (non-hydrogen) atoms. The van der Waals surface area contributed by atoms with Crippen molar-refractivity contribution in [3.8, 4) is 0 Å². The molecule has 10 nitrogen and oxygen atoms in total. The Morgan fingerprint density at radius 1 is 1.00 bits per heavy atom. The van der Waals surface area contributed by atoms with Gasteiger partial charge in [0.05, 0.1) is 29.4 Å². The van der Waals surface area contributed by atoms with E-state index < -0.39 is 17.1 Å². The van der Waals surface area contributed by atoms with Gasteiger partial charge in [-0.2, -0.15) is 0 Å². The topological polar surface area (TPSA) is 161 Å². The van der Waals surface area contributed by atoms with Gasteiger partial charge < -0.3 is 21.3 Å². The summed E-state index contributed by atoms with van der Waals surface area (Å²) >= 11 is 0. The number of nitro benzene ring substituents is 1. The largest absolute Gasteiger partial charge is 0.395 e. The second-order valence-electron chi connectivity index (χ2n) is 8.72. The number of aromatic nitrogens is 2. The van der Waals surface area contributed by atoms with E-state index in [4.69, 9.17) is 10.8 Å². The lowest BCUT2D eigenvalue weighted by atomic mass is 10.0. The van der Waals surface area contributed by atoms with Crippen molar-refractivity contribution in [2.75, 3.05) is 18.5 Å². The summed E-state index contributed by atoms with van der Waals surface area (Å²) in [6, 6.07) is 2.48. The Labute approximate surface area is 200 Å². The van der Waals surface area contributed by atoms with E-state index in [0.29, 0.717) is 11.2 Å². The maximum absolute atomic E-state index is 11.0. The van der Waals surface area contributed by atoms with Crippen LogP contribution in [0.4, 0.5) is 11.4 Å². The molecule has 0 radical (unpaired) electrons. The maximum atomic E-state index is 11.0. The highest BCUT2D eigenvalue weighted by Crippen LogP contribution is 2.28. The van der Waals surface area contributed by atoms with E-state index >= 15 is 0 Å². The predicted molar refractivity (Wildman–Crippen MR) is 133 cm³/mol. The zero-order valence-electron chi connectivity index (χ0n) is 19.9. The van der Waals surface area contributed by atoms with E-state index in [1.807, 2.05) is 6.08 Å². The second kappa shape index (κ2) is 16.1. The quantitative estimate of drug-likeness (QED) is 0.0990. The number of aliphatic hydroxyl groups excluding tert-OH is 2. The van der Waals surface area contributed by atoms with E-state index in [9.17, 15) is 15.2 Å². The van der Waals surface area contributed by atoms with Crippen LogP contribution in [0.1, 0.15) is 77.0 Å². The number of fused-ring (bicyclic) bond motifs is 1. The number of nitro groups is 1. The number of anilines is 1. The zero-order chi connectivity index (χ0) is 24.6. The molecular weight excluding hydrogens is 438 g/mol. The molecule has 0 amide bonds. The first-order valence-corrected chi connectivity index (χ1v) is 12.4. The predicted octanol–water partition coefficient (Wildman–Crippen LogP) is 4.46. The molecule has 2 aromatic rings. The normalized spacial score (nSPS) is 13.5. The summed E-state index contributed by atoms with van der Waals surface area (Å²) < 4.78 is 4.68. The van der Waals surface area contributed by atoms with Crippen molar-refractivity contribution in [3.05, 3.63) is 34.4 Å². The third kappa shape index (κ3) is 9.74. The van der Waals surface area contributed by atoms with Crippen molar-refractivity contribution >= 4 is 22.4 Å². The molecular formula is C24H39N5O5. The number of nitrogens with zero attached hydrogens (tertiary/aromatic N) is 3. The molecule has 2 atom stereocenters. The lowest BCUT2D eigenvalue weighted by molar-refractivity contribution is -0.383. The summed E-state index contributed by atoms with van der Waals surface area (Å²) in [5, 5.41) is 40.2. The number of nitrogens with one attached hydrogen (secondary N) is 1. The van der Waals surface area contributed by atoms with Gasteiger partial charge in [-0.1, -0.05) is 69.9 Å². The van der Waals surface area contributed by atoms with Gasteiger partial charge in [-0.25, -0.2) is 4.63 Å². The molecule has 1 aromatic heterocycles. The number of aliphatic hydroxyl groups is 2. The van der Waals surface area contributed by atoms with Crippen LogP contribution >= 0.6 is 0 Å².